The smallest absolute Gasteiger partial charge is 0.335 e. The number of esters is 1. The third-order valence-electron chi connectivity index (χ3n) is 3.14. The van der Waals surface area contributed by atoms with Gasteiger partial charge in [0.2, 0.25) is 0 Å². The van der Waals surface area contributed by atoms with Crippen LogP contribution in [0.25, 0.3) is 0 Å². The van der Waals surface area contributed by atoms with Gasteiger partial charge in [0.05, 0.1) is 16.4 Å². The van der Waals surface area contributed by atoms with Crippen molar-refractivity contribution >= 4 is 22.6 Å². The molecule has 118 valence electrons. The zero-order valence-electron chi connectivity index (χ0n) is 12.1. The molecule has 0 aromatic heterocycles. The Bertz CT molecular complexity index is 627. The fourth-order valence-electron chi connectivity index (χ4n) is 2.06. The number of nitro benzene ring substituents is 1. The molecule has 0 spiro atoms. The summed E-state index contributed by atoms with van der Waals surface area (Å²) < 4.78 is 19.1. The zero-order valence-corrected chi connectivity index (χ0v) is 12.9. The lowest BCUT2D eigenvalue weighted by molar-refractivity contribution is -0.384. The summed E-state index contributed by atoms with van der Waals surface area (Å²) in [5, 5.41) is 10.6. The second kappa shape index (κ2) is 7.28. The quantitative estimate of drug-likeness (QED) is 0.468. The molecule has 0 fully saturated rings. The van der Waals surface area contributed by atoms with Crippen LogP contribution in [-0.4, -0.2) is 39.1 Å². The van der Waals surface area contributed by atoms with Gasteiger partial charge in [0.25, 0.3) is 5.69 Å². The Balaban J connectivity index is 2.08. The highest BCUT2D eigenvalue weighted by Crippen LogP contribution is 2.20. The molecule has 1 aliphatic rings. The fraction of sp³-hybridized carbons (Fsp3) is 0.357. The van der Waals surface area contributed by atoms with E-state index >= 15 is 0 Å². The molecular weight excluding hydrogens is 308 g/mol. The van der Waals surface area contributed by atoms with E-state index in [-0.39, 0.29) is 12.2 Å². The third kappa shape index (κ3) is 3.77. The molecule has 0 N–H and O–H groups in total. The van der Waals surface area contributed by atoms with Crippen LogP contribution in [0.4, 0.5) is 5.69 Å². The molecule has 1 aliphatic heterocycles. The Hall–Kier alpha value is -2.06. The third-order valence-corrected chi connectivity index (χ3v) is 4.59. The zero-order chi connectivity index (χ0) is 16.1. The van der Waals surface area contributed by atoms with Gasteiger partial charge < -0.3 is 4.74 Å². The van der Waals surface area contributed by atoms with E-state index in [9.17, 15) is 19.1 Å². The van der Waals surface area contributed by atoms with Crippen molar-refractivity contribution in [2.45, 2.75) is 18.2 Å². The van der Waals surface area contributed by atoms with Crippen molar-refractivity contribution in [2.75, 3.05) is 19.7 Å². The van der Waals surface area contributed by atoms with Gasteiger partial charge in [-0.15, -0.1) is 0 Å². The minimum absolute atomic E-state index is 0.0495. The van der Waals surface area contributed by atoms with Crippen molar-refractivity contribution in [3.8, 4) is 0 Å². The number of non-ortho nitro benzene ring substituents is 1. The SMILES string of the molecule is CCOC(=O)C1=CCCN(S(=O)c2ccc([N+](=O)[O-])cc2)C1. The molecule has 1 aromatic rings. The van der Waals surface area contributed by atoms with Crippen LogP contribution >= 0.6 is 0 Å². The summed E-state index contributed by atoms with van der Waals surface area (Å²) >= 11 is 0. The van der Waals surface area contributed by atoms with Crippen LogP contribution in [0.3, 0.4) is 0 Å². The highest BCUT2D eigenvalue weighted by atomic mass is 32.2. The van der Waals surface area contributed by atoms with E-state index in [1.807, 2.05) is 0 Å². The Kier molecular flexibility index (Phi) is 5.40. The van der Waals surface area contributed by atoms with Gasteiger partial charge in [-0.2, -0.15) is 0 Å². The van der Waals surface area contributed by atoms with Gasteiger partial charge in [-0.3, -0.25) is 10.1 Å². The predicted octanol–water partition coefficient (Wildman–Crippen LogP) is 1.81. The Morgan fingerprint density at radius 3 is 2.68 bits per heavy atom. The van der Waals surface area contributed by atoms with E-state index in [2.05, 4.69) is 0 Å². The lowest BCUT2D eigenvalue weighted by Gasteiger charge is -2.25. The lowest BCUT2D eigenvalue weighted by atomic mass is 10.1. The number of hydrogen-bond donors (Lipinski definition) is 0. The molecule has 8 heteroatoms. The van der Waals surface area contributed by atoms with Crippen LogP contribution in [0.5, 0.6) is 0 Å². The first-order chi connectivity index (χ1) is 10.5. The van der Waals surface area contributed by atoms with Crippen LogP contribution in [0.1, 0.15) is 13.3 Å². The minimum Gasteiger partial charge on any atom is -0.463 e. The predicted molar refractivity (Wildman–Crippen MR) is 80.4 cm³/mol. The maximum Gasteiger partial charge on any atom is 0.335 e. The average Bonchev–Trinajstić information content (AvgIpc) is 2.54. The first kappa shape index (κ1) is 16.3. The molecule has 1 heterocycles. The van der Waals surface area contributed by atoms with Crippen molar-refractivity contribution in [3.63, 3.8) is 0 Å². The fourth-order valence-corrected chi connectivity index (χ4v) is 3.26. The van der Waals surface area contributed by atoms with Gasteiger partial charge in [-0.25, -0.2) is 13.3 Å². The van der Waals surface area contributed by atoms with Gasteiger partial charge >= 0.3 is 5.97 Å². The molecule has 1 unspecified atom stereocenters. The molecule has 1 atom stereocenters. The molecule has 0 saturated heterocycles. The van der Waals surface area contributed by atoms with E-state index in [1.54, 1.807) is 17.3 Å². The van der Waals surface area contributed by atoms with Gasteiger partial charge in [0, 0.05) is 30.8 Å². The Morgan fingerprint density at radius 2 is 2.09 bits per heavy atom. The van der Waals surface area contributed by atoms with Gasteiger partial charge in [0.1, 0.15) is 11.0 Å². The Labute approximate surface area is 130 Å². The van der Waals surface area contributed by atoms with Crippen LogP contribution < -0.4 is 0 Å². The van der Waals surface area contributed by atoms with Crippen molar-refractivity contribution in [1.82, 2.24) is 4.31 Å². The number of carbonyl (C=O) groups excluding carboxylic acids is 1. The number of nitro groups is 1. The highest BCUT2D eigenvalue weighted by molar-refractivity contribution is 7.82. The molecule has 7 nitrogen and oxygen atoms in total. The average molecular weight is 324 g/mol. The molecule has 22 heavy (non-hydrogen) atoms. The first-order valence-electron chi connectivity index (χ1n) is 6.80. The standard InChI is InChI=1S/C14H16N2O5S/c1-2-21-14(17)11-4-3-9-15(10-11)22(20)13-7-5-12(6-8-13)16(18)19/h4-8H,2-3,9-10H2,1H3. The van der Waals surface area contributed by atoms with Crippen LogP contribution in [0.15, 0.2) is 40.8 Å². The molecule has 0 amide bonds. The van der Waals surface area contributed by atoms with E-state index in [4.69, 9.17) is 4.74 Å². The topological polar surface area (TPSA) is 89.8 Å². The summed E-state index contributed by atoms with van der Waals surface area (Å²) in [6, 6.07) is 5.58. The molecule has 1 aromatic carbocycles. The second-order valence-corrected chi connectivity index (χ2v) is 6.09. The monoisotopic (exact) mass is 324 g/mol. The summed E-state index contributed by atoms with van der Waals surface area (Å²) in [5.41, 5.74) is 0.440. The summed E-state index contributed by atoms with van der Waals surface area (Å²) in [4.78, 5) is 22.3. The largest absolute Gasteiger partial charge is 0.463 e. The maximum absolute atomic E-state index is 12.5. The van der Waals surface area contributed by atoms with Crippen molar-refractivity contribution in [2.24, 2.45) is 0 Å². The molecule has 0 bridgehead atoms. The normalized spacial score (nSPS) is 16.7. The summed E-state index contributed by atoms with van der Waals surface area (Å²) in [7, 11) is -1.47. The molecule has 0 radical (unpaired) electrons. The Morgan fingerprint density at radius 1 is 1.41 bits per heavy atom. The molecule has 0 aliphatic carbocycles. The van der Waals surface area contributed by atoms with Crippen molar-refractivity contribution in [3.05, 3.63) is 46.0 Å². The first-order valence-corrected chi connectivity index (χ1v) is 7.91. The highest BCUT2D eigenvalue weighted by Gasteiger charge is 2.24. The number of nitrogens with zero attached hydrogens (tertiary/aromatic N) is 2. The van der Waals surface area contributed by atoms with Crippen LogP contribution in [0.2, 0.25) is 0 Å². The number of benzene rings is 1. The van der Waals surface area contributed by atoms with E-state index in [1.165, 1.54) is 24.3 Å². The number of ether oxygens (including phenoxy) is 1. The summed E-state index contributed by atoms with van der Waals surface area (Å²) in [5.74, 6) is -0.395. The molecular formula is C14H16N2O5S. The molecule has 2 rings (SSSR count). The number of hydrogen-bond acceptors (Lipinski definition) is 5. The van der Waals surface area contributed by atoms with E-state index < -0.39 is 21.9 Å². The minimum atomic E-state index is -1.47. The second-order valence-electron chi connectivity index (χ2n) is 4.60. The summed E-state index contributed by atoms with van der Waals surface area (Å²) in [6.07, 6.45) is 2.40. The number of carbonyl (C=O) groups is 1. The summed E-state index contributed by atoms with van der Waals surface area (Å²) in [6.45, 7) is 2.81. The van der Waals surface area contributed by atoms with Crippen LogP contribution in [-0.2, 0) is 20.5 Å². The molecule has 0 saturated carbocycles. The number of rotatable bonds is 5. The van der Waals surface area contributed by atoms with Gasteiger partial charge in [0.15, 0.2) is 0 Å². The van der Waals surface area contributed by atoms with E-state index in [0.29, 0.717) is 30.0 Å². The van der Waals surface area contributed by atoms with Crippen LogP contribution in [0, 0.1) is 10.1 Å². The van der Waals surface area contributed by atoms with Crippen molar-refractivity contribution < 1.29 is 18.7 Å². The lowest BCUT2D eigenvalue weighted by Crippen LogP contribution is -2.34. The van der Waals surface area contributed by atoms with E-state index in [0.717, 1.165) is 0 Å². The van der Waals surface area contributed by atoms with Gasteiger partial charge in [-0.1, -0.05) is 6.08 Å². The maximum atomic E-state index is 12.5. The van der Waals surface area contributed by atoms with Gasteiger partial charge in [-0.05, 0) is 25.5 Å². The van der Waals surface area contributed by atoms with Crippen molar-refractivity contribution in [1.29, 1.82) is 0 Å².